The number of alkyl halides is 6. The maximum atomic E-state index is 14.2. The lowest BCUT2D eigenvalue weighted by Crippen LogP contribution is -2.61. The molecular weight excluding hydrogens is 400 g/mol. The molecule has 4 nitrogen and oxygen atoms in total. The summed E-state index contributed by atoms with van der Waals surface area (Å²) >= 11 is 0. The van der Waals surface area contributed by atoms with E-state index in [4.69, 9.17) is 0 Å². The fraction of sp³-hybridized carbons (Fsp3) is 0.263. The minimum absolute atomic E-state index is 0.243. The first kappa shape index (κ1) is 20.7. The first-order valence-corrected chi connectivity index (χ1v) is 8.37. The van der Waals surface area contributed by atoms with E-state index in [2.05, 4.69) is 5.10 Å². The van der Waals surface area contributed by atoms with Gasteiger partial charge in [0.25, 0.3) is 5.91 Å². The molecule has 1 aliphatic rings. The van der Waals surface area contributed by atoms with E-state index in [1.165, 1.54) is 36.4 Å². The summed E-state index contributed by atoms with van der Waals surface area (Å²) in [5.74, 6) is -2.90. The number of carbonyl (C=O) groups excluding carboxylic acids is 1. The SMILES string of the molecule is Cn1cc(C(=O)NC2(C(F)(F)F)C=CC=CC2c2ccccc2)c(C(F)(F)F)n1. The molecule has 1 N–H and O–H groups in total. The molecule has 0 saturated carbocycles. The molecular formula is C19H15F6N3O. The molecule has 0 saturated heterocycles. The highest BCUT2D eigenvalue weighted by Gasteiger charge is 2.59. The Labute approximate surface area is 161 Å². The summed E-state index contributed by atoms with van der Waals surface area (Å²) in [6.45, 7) is 0. The molecule has 29 heavy (non-hydrogen) atoms. The maximum Gasteiger partial charge on any atom is 0.435 e. The van der Waals surface area contributed by atoms with Gasteiger partial charge in [0.15, 0.2) is 11.2 Å². The monoisotopic (exact) mass is 415 g/mol. The van der Waals surface area contributed by atoms with E-state index >= 15 is 0 Å². The minimum Gasteiger partial charge on any atom is -0.334 e. The lowest BCUT2D eigenvalue weighted by atomic mass is 9.75. The van der Waals surface area contributed by atoms with Gasteiger partial charge in [0.1, 0.15) is 0 Å². The van der Waals surface area contributed by atoms with Crippen molar-refractivity contribution in [1.29, 1.82) is 0 Å². The number of aromatic nitrogens is 2. The van der Waals surface area contributed by atoms with Crippen molar-refractivity contribution in [3.63, 3.8) is 0 Å². The Morgan fingerprint density at radius 2 is 1.76 bits per heavy atom. The summed E-state index contributed by atoms with van der Waals surface area (Å²) in [4.78, 5) is 12.6. The first-order chi connectivity index (χ1) is 13.5. The average molecular weight is 415 g/mol. The van der Waals surface area contributed by atoms with Crippen molar-refractivity contribution in [2.45, 2.75) is 23.8 Å². The van der Waals surface area contributed by atoms with Crippen molar-refractivity contribution in [3.05, 3.63) is 77.7 Å². The zero-order valence-corrected chi connectivity index (χ0v) is 14.9. The molecule has 1 aromatic heterocycles. The molecule has 2 atom stereocenters. The van der Waals surface area contributed by atoms with Crippen LogP contribution in [-0.4, -0.2) is 27.4 Å². The minimum atomic E-state index is -5.00. The molecule has 1 aliphatic carbocycles. The second-order valence-corrected chi connectivity index (χ2v) is 6.52. The van der Waals surface area contributed by atoms with Crippen LogP contribution in [0.15, 0.2) is 60.8 Å². The van der Waals surface area contributed by atoms with Crippen molar-refractivity contribution in [2.24, 2.45) is 7.05 Å². The highest BCUT2D eigenvalue weighted by Crippen LogP contribution is 2.45. The van der Waals surface area contributed by atoms with Crippen LogP contribution in [0.2, 0.25) is 0 Å². The lowest BCUT2D eigenvalue weighted by Gasteiger charge is -2.40. The summed E-state index contributed by atoms with van der Waals surface area (Å²) in [6, 6.07) is 7.59. The second-order valence-electron chi connectivity index (χ2n) is 6.52. The molecule has 1 heterocycles. The van der Waals surface area contributed by atoms with Gasteiger partial charge in [0, 0.05) is 19.2 Å². The molecule has 0 fully saturated rings. The van der Waals surface area contributed by atoms with Crippen LogP contribution in [0.5, 0.6) is 0 Å². The number of nitrogens with zero attached hydrogens (tertiary/aromatic N) is 2. The Morgan fingerprint density at radius 3 is 2.34 bits per heavy atom. The summed E-state index contributed by atoms with van der Waals surface area (Å²) < 4.78 is 82.8. The van der Waals surface area contributed by atoms with E-state index < -0.39 is 41.0 Å². The van der Waals surface area contributed by atoms with E-state index in [0.717, 1.165) is 30.1 Å². The van der Waals surface area contributed by atoms with Gasteiger partial charge in [0.05, 0.1) is 5.56 Å². The predicted molar refractivity (Wildman–Crippen MR) is 91.9 cm³/mol. The molecule has 1 aromatic carbocycles. The molecule has 1 amide bonds. The predicted octanol–water partition coefficient (Wildman–Crippen LogP) is 4.38. The van der Waals surface area contributed by atoms with Crippen LogP contribution in [0, 0.1) is 0 Å². The van der Waals surface area contributed by atoms with Crippen molar-refractivity contribution in [3.8, 4) is 0 Å². The van der Waals surface area contributed by atoms with Gasteiger partial charge in [-0.15, -0.1) is 0 Å². The fourth-order valence-electron chi connectivity index (χ4n) is 3.25. The van der Waals surface area contributed by atoms with Gasteiger partial charge in [0.2, 0.25) is 0 Å². The van der Waals surface area contributed by atoms with E-state index in [0.29, 0.717) is 0 Å². The van der Waals surface area contributed by atoms with E-state index in [1.807, 2.05) is 5.32 Å². The smallest absolute Gasteiger partial charge is 0.334 e. The zero-order valence-electron chi connectivity index (χ0n) is 14.9. The van der Waals surface area contributed by atoms with Gasteiger partial charge in [-0.1, -0.05) is 48.6 Å². The number of carbonyl (C=O) groups is 1. The van der Waals surface area contributed by atoms with Crippen LogP contribution in [0.4, 0.5) is 26.3 Å². The maximum absolute atomic E-state index is 14.2. The molecule has 3 rings (SSSR count). The Hall–Kier alpha value is -3.04. The molecule has 10 heteroatoms. The van der Waals surface area contributed by atoms with Crippen LogP contribution in [0.3, 0.4) is 0 Å². The van der Waals surface area contributed by atoms with Gasteiger partial charge < -0.3 is 5.32 Å². The number of benzene rings is 1. The third-order valence-corrected chi connectivity index (χ3v) is 4.55. The fourth-order valence-corrected chi connectivity index (χ4v) is 3.25. The molecule has 0 aliphatic heterocycles. The van der Waals surface area contributed by atoms with Crippen molar-refractivity contribution in [2.75, 3.05) is 0 Å². The number of hydrogen-bond acceptors (Lipinski definition) is 2. The first-order valence-electron chi connectivity index (χ1n) is 8.37. The van der Waals surface area contributed by atoms with E-state index in [-0.39, 0.29) is 5.56 Å². The topological polar surface area (TPSA) is 46.9 Å². The number of nitrogens with one attached hydrogen (secondary N) is 1. The summed E-state index contributed by atoms with van der Waals surface area (Å²) in [5, 5.41) is 4.98. The van der Waals surface area contributed by atoms with Crippen molar-refractivity contribution >= 4 is 5.91 Å². The number of allylic oxidation sites excluding steroid dienone is 2. The number of hydrogen-bond donors (Lipinski definition) is 1. The van der Waals surface area contributed by atoms with Crippen LogP contribution in [0.1, 0.15) is 27.5 Å². The van der Waals surface area contributed by atoms with Crippen molar-refractivity contribution in [1.82, 2.24) is 15.1 Å². The molecule has 2 aromatic rings. The number of halogens is 6. The highest BCUT2D eigenvalue weighted by atomic mass is 19.4. The third kappa shape index (κ3) is 3.79. The van der Waals surface area contributed by atoms with Crippen LogP contribution in [0.25, 0.3) is 0 Å². The molecule has 0 spiro atoms. The summed E-state index contributed by atoms with van der Waals surface area (Å²) in [6.07, 6.45) is -4.78. The van der Waals surface area contributed by atoms with Gasteiger partial charge in [-0.25, -0.2) is 0 Å². The van der Waals surface area contributed by atoms with Crippen LogP contribution in [-0.2, 0) is 13.2 Å². The van der Waals surface area contributed by atoms with Crippen molar-refractivity contribution < 1.29 is 31.1 Å². The molecule has 2 unspecified atom stereocenters. The van der Waals surface area contributed by atoms with Gasteiger partial charge in [-0.2, -0.15) is 31.4 Å². The normalized spacial score (nSPS) is 22.0. The summed E-state index contributed by atoms with van der Waals surface area (Å²) in [5.41, 5.74) is -5.23. The second kappa shape index (κ2) is 7.09. The van der Waals surface area contributed by atoms with Gasteiger partial charge >= 0.3 is 12.4 Å². The van der Waals surface area contributed by atoms with Crippen LogP contribution >= 0.6 is 0 Å². The Kier molecular flexibility index (Phi) is 5.06. The Balaban J connectivity index is 2.08. The quantitative estimate of drug-likeness (QED) is 0.757. The van der Waals surface area contributed by atoms with Gasteiger partial charge in [-0.3, -0.25) is 9.48 Å². The number of rotatable bonds is 3. The standard InChI is InChI=1S/C19H15F6N3O/c1-28-11-13(15(27-28)18(20,21)22)16(29)26-17(19(23,24)25)10-6-5-9-14(17)12-7-3-2-4-8-12/h2-11,14H,1H3,(H,26,29). The summed E-state index contributed by atoms with van der Waals surface area (Å²) in [7, 11) is 1.14. The molecule has 0 radical (unpaired) electrons. The van der Waals surface area contributed by atoms with Crippen LogP contribution < -0.4 is 5.32 Å². The molecule has 154 valence electrons. The Morgan fingerprint density at radius 1 is 1.10 bits per heavy atom. The van der Waals surface area contributed by atoms with E-state index in [1.54, 1.807) is 6.07 Å². The highest BCUT2D eigenvalue weighted by molar-refractivity contribution is 5.96. The third-order valence-electron chi connectivity index (χ3n) is 4.55. The molecule has 0 bridgehead atoms. The number of amides is 1. The zero-order chi connectivity index (χ0) is 21.4. The van der Waals surface area contributed by atoms with Gasteiger partial charge in [-0.05, 0) is 11.6 Å². The van der Waals surface area contributed by atoms with E-state index in [9.17, 15) is 31.1 Å². The number of aryl methyl sites for hydroxylation is 1. The lowest BCUT2D eigenvalue weighted by molar-refractivity contribution is -0.182. The largest absolute Gasteiger partial charge is 0.435 e. The Bertz CT molecular complexity index is 959. The average Bonchev–Trinajstić information content (AvgIpc) is 3.04.